The fraction of sp³-hybridized carbons (Fsp3) is 0.304. The number of benzene rings is 2. The summed E-state index contributed by atoms with van der Waals surface area (Å²) < 4.78 is 5.47. The Kier molecular flexibility index (Phi) is 8.75. The molecule has 2 atom stereocenters. The minimum Gasteiger partial charge on any atom is -0.446 e. The second kappa shape index (κ2) is 11.5. The summed E-state index contributed by atoms with van der Waals surface area (Å²) in [4.78, 5) is 49.5. The maximum absolute atomic E-state index is 12.9. The molecule has 0 aliphatic heterocycles. The van der Waals surface area contributed by atoms with Gasteiger partial charge in [-0.15, -0.1) is 0 Å². The molecule has 0 radical (unpaired) electrons. The van der Waals surface area contributed by atoms with Crippen molar-refractivity contribution in [3.8, 4) is 0 Å². The zero-order chi connectivity index (χ0) is 22.8. The molecule has 0 aliphatic rings. The van der Waals surface area contributed by atoms with Gasteiger partial charge in [-0.05, 0) is 11.5 Å². The number of hydrogen-bond acceptors (Lipinski definition) is 5. The van der Waals surface area contributed by atoms with E-state index in [1.165, 1.54) is 7.05 Å². The zero-order valence-corrected chi connectivity index (χ0v) is 17.8. The Morgan fingerprint density at radius 2 is 1.48 bits per heavy atom. The Hall–Kier alpha value is -3.68. The molecule has 2 rings (SSSR count). The highest BCUT2D eigenvalue weighted by Gasteiger charge is 2.32. The number of carbonyl (C=O) groups is 4. The van der Waals surface area contributed by atoms with Crippen LogP contribution in [0.15, 0.2) is 60.7 Å². The van der Waals surface area contributed by atoms with Gasteiger partial charge in [0.2, 0.25) is 12.0 Å². The van der Waals surface area contributed by atoms with Crippen molar-refractivity contribution in [3.05, 3.63) is 71.8 Å². The number of carbonyl (C=O) groups excluding carboxylic acids is 4. The van der Waals surface area contributed by atoms with E-state index < -0.39 is 30.1 Å². The predicted octanol–water partition coefficient (Wildman–Crippen LogP) is 2.11. The van der Waals surface area contributed by atoms with Crippen LogP contribution < -0.4 is 16.0 Å². The van der Waals surface area contributed by atoms with Gasteiger partial charge in [-0.2, -0.15) is 0 Å². The summed E-state index contributed by atoms with van der Waals surface area (Å²) in [6.45, 7) is 3.52. The van der Waals surface area contributed by atoms with Crippen molar-refractivity contribution in [2.24, 2.45) is 5.92 Å². The van der Waals surface area contributed by atoms with Gasteiger partial charge < -0.3 is 15.4 Å². The number of esters is 1. The summed E-state index contributed by atoms with van der Waals surface area (Å²) in [5.74, 6) is -2.19. The van der Waals surface area contributed by atoms with Gasteiger partial charge in [0, 0.05) is 12.6 Å². The van der Waals surface area contributed by atoms with E-state index in [2.05, 4.69) is 16.0 Å². The Morgan fingerprint density at radius 1 is 0.903 bits per heavy atom. The molecule has 164 valence electrons. The zero-order valence-electron chi connectivity index (χ0n) is 17.8. The van der Waals surface area contributed by atoms with Crippen molar-refractivity contribution in [1.82, 2.24) is 16.0 Å². The molecule has 0 fully saturated rings. The van der Waals surface area contributed by atoms with Gasteiger partial charge in [-0.25, -0.2) is 9.59 Å². The highest BCUT2D eigenvalue weighted by Crippen LogP contribution is 2.20. The molecule has 0 heterocycles. The summed E-state index contributed by atoms with van der Waals surface area (Å²) in [5.41, 5.74) is 1.21. The topological polar surface area (TPSA) is 114 Å². The van der Waals surface area contributed by atoms with Crippen molar-refractivity contribution in [3.63, 3.8) is 0 Å². The first-order valence-corrected chi connectivity index (χ1v) is 9.93. The van der Waals surface area contributed by atoms with Crippen LogP contribution in [0.25, 0.3) is 0 Å². The number of nitrogens with one attached hydrogen (secondary N) is 3. The molecule has 0 unspecified atom stereocenters. The van der Waals surface area contributed by atoms with E-state index in [1.807, 2.05) is 30.3 Å². The molecule has 0 spiro atoms. The first-order chi connectivity index (χ1) is 14.8. The molecule has 0 aliphatic carbocycles. The lowest BCUT2D eigenvalue weighted by Crippen LogP contribution is -2.48. The van der Waals surface area contributed by atoms with Gasteiger partial charge in [0.15, 0.2) is 0 Å². The molecular formula is C23H27N3O5. The number of amides is 4. The fourth-order valence-electron chi connectivity index (χ4n) is 2.83. The molecular weight excluding hydrogens is 398 g/mol. The SMILES string of the molecule is CNC(=O)NC(=O)[C@H](OC(=O)[C@@H](NC(=O)Cc1ccccc1)C(C)C)c1ccccc1. The number of urea groups is 1. The predicted molar refractivity (Wildman–Crippen MR) is 115 cm³/mol. The maximum Gasteiger partial charge on any atom is 0.330 e. The second-order valence-electron chi connectivity index (χ2n) is 7.25. The van der Waals surface area contributed by atoms with Crippen LogP contribution in [0.2, 0.25) is 0 Å². The van der Waals surface area contributed by atoms with E-state index in [-0.39, 0.29) is 18.2 Å². The Morgan fingerprint density at radius 3 is 2.03 bits per heavy atom. The lowest BCUT2D eigenvalue weighted by Gasteiger charge is -2.24. The molecule has 0 saturated heterocycles. The average molecular weight is 425 g/mol. The van der Waals surface area contributed by atoms with Gasteiger partial charge in [-0.1, -0.05) is 74.5 Å². The molecule has 8 heteroatoms. The average Bonchev–Trinajstić information content (AvgIpc) is 2.76. The smallest absolute Gasteiger partial charge is 0.330 e. The number of hydrogen-bond donors (Lipinski definition) is 3. The normalized spacial score (nSPS) is 12.4. The highest BCUT2D eigenvalue weighted by molar-refractivity contribution is 5.98. The lowest BCUT2D eigenvalue weighted by molar-refractivity contribution is -0.160. The van der Waals surface area contributed by atoms with Crippen molar-refractivity contribution in [2.75, 3.05) is 7.05 Å². The van der Waals surface area contributed by atoms with E-state index in [0.717, 1.165) is 5.56 Å². The van der Waals surface area contributed by atoms with E-state index in [9.17, 15) is 19.2 Å². The number of rotatable bonds is 8. The van der Waals surface area contributed by atoms with Gasteiger partial charge in [-0.3, -0.25) is 14.9 Å². The van der Waals surface area contributed by atoms with Crippen LogP contribution in [0.4, 0.5) is 4.79 Å². The molecule has 0 aromatic heterocycles. The molecule has 3 N–H and O–H groups in total. The molecule has 31 heavy (non-hydrogen) atoms. The standard InChI is InChI=1S/C23H27N3O5/c1-15(2)19(25-18(27)14-16-10-6-4-7-11-16)22(29)31-20(17-12-8-5-9-13-17)21(28)26-23(30)24-3/h4-13,15,19-20H,14H2,1-3H3,(H,25,27)(H2,24,26,28,30)/t19-,20+/m0/s1. The van der Waals surface area contributed by atoms with Crippen LogP contribution in [0.5, 0.6) is 0 Å². The van der Waals surface area contributed by atoms with Gasteiger partial charge in [0.05, 0.1) is 6.42 Å². The van der Waals surface area contributed by atoms with Crippen molar-refractivity contribution in [2.45, 2.75) is 32.4 Å². The molecule has 0 saturated carbocycles. The molecule has 4 amide bonds. The number of imide groups is 1. The van der Waals surface area contributed by atoms with E-state index in [4.69, 9.17) is 4.74 Å². The van der Waals surface area contributed by atoms with Crippen LogP contribution in [0, 0.1) is 5.92 Å². The summed E-state index contributed by atoms with van der Waals surface area (Å²) in [6.07, 6.45) is -1.24. The van der Waals surface area contributed by atoms with Crippen LogP contribution in [-0.2, 0) is 25.5 Å². The monoisotopic (exact) mass is 425 g/mol. The Balaban J connectivity index is 2.15. The van der Waals surface area contributed by atoms with Crippen LogP contribution in [-0.4, -0.2) is 36.9 Å². The third-order valence-electron chi connectivity index (χ3n) is 4.48. The van der Waals surface area contributed by atoms with Crippen molar-refractivity contribution < 1.29 is 23.9 Å². The molecule has 8 nitrogen and oxygen atoms in total. The third-order valence-corrected chi connectivity index (χ3v) is 4.48. The summed E-state index contributed by atoms with van der Waals surface area (Å²) in [7, 11) is 1.36. The minimum absolute atomic E-state index is 0.108. The molecule has 2 aromatic rings. The van der Waals surface area contributed by atoms with Crippen molar-refractivity contribution >= 4 is 23.8 Å². The Bertz CT molecular complexity index is 900. The first kappa shape index (κ1) is 23.6. The van der Waals surface area contributed by atoms with Crippen LogP contribution in [0.1, 0.15) is 31.1 Å². The van der Waals surface area contributed by atoms with Crippen molar-refractivity contribution in [1.29, 1.82) is 0 Å². The second-order valence-corrected chi connectivity index (χ2v) is 7.25. The molecule has 0 bridgehead atoms. The number of ether oxygens (including phenoxy) is 1. The minimum atomic E-state index is -1.35. The lowest BCUT2D eigenvalue weighted by atomic mass is 10.0. The van der Waals surface area contributed by atoms with Gasteiger partial charge >= 0.3 is 12.0 Å². The van der Waals surface area contributed by atoms with Crippen LogP contribution in [0.3, 0.4) is 0 Å². The summed E-state index contributed by atoms with van der Waals surface area (Å²) >= 11 is 0. The van der Waals surface area contributed by atoms with E-state index >= 15 is 0 Å². The third kappa shape index (κ3) is 7.26. The summed E-state index contributed by atoms with van der Waals surface area (Å²) in [5, 5.41) is 7.09. The fourth-order valence-corrected chi connectivity index (χ4v) is 2.83. The van der Waals surface area contributed by atoms with Gasteiger partial charge in [0.1, 0.15) is 6.04 Å². The van der Waals surface area contributed by atoms with Crippen LogP contribution >= 0.6 is 0 Å². The van der Waals surface area contributed by atoms with E-state index in [1.54, 1.807) is 44.2 Å². The largest absolute Gasteiger partial charge is 0.446 e. The van der Waals surface area contributed by atoms with E-state index in [0.29, 0.717) is 5.56 Å². The molecule has 2 aromatic carbocycles. The van der Waals surface area contributed by atoms with Gasteiger partial charge in [0.25, 0.3) is 5.91 Å². The summed E-state index contributed by atoms with van der Waals surface area (Å²) in [6, 6.07) is 15.8. The Labute approximate surface area is 181 Å². The quantitative estimate of drug-likeness (QED) is 0.561. The maximum atomic E-state index is 12.9. The highest BCUT2D eigenvalue weighted by atomic mass is 16.5. The first-order valence-electron chi connectivity index (χ1n) is 9.93.